The summed E-state index contributed by atoms with van der Waals surface area (Å²) >= 11 is 0. The summed E-state index contributed by atoms with van der Waals surface area (Å²) in [4.78, 5) is 26.7. The third kappa shape index (κ3) is 2.77. The molecule has 19 heavy (non-hydrogen) atoms. The van der Waals surface area contributed by atoms with E-state index >= 15 is 0 Å². The van der Waals surface area contributed by atoms with Gasteiger partial charge >= 0.3 is 0 Å². The number of hydrogen-bond acceptors (Lipinski definition) is 2. The first-order chi connectivity index (χ1) is 8.99. The Morgan fingerprint density at radius 2 is 1.95 bits per heavy atom. The Morgan fingerprint density at radius 3 is 2.42 bits per heavy atom. The highest BCUT2D eigenvalue weighted by atomic mass is 16.2. The van der Waals surface area contributed by atoms with Crippen LogP contribution in [0.25, 0.3) is 0 Å². The van der Waals surface area contributed by atoms with Crippen molar-refractivity contribution in [1.82, 2.24) is 10.2 Å². The lowest BCUT2D eigenvalue weighted by atomic mass is 9.97. The Bertz CT molecular complexity index is 367. The molecule has 0 spiro atoms. The van der Waals surface area contributed by atoms with Crippen LogP contribution in [0.2, 0.25) is 0 Å². The molecule has 2 rings (SSSR count). The second-order valence-electron chi connectivity index (χ2n) is 6.33. The van der Waals surface area contributed by atoms with Crippen molar-refractivity contribution in [3.05, 3.63) is 0 Å². The third-order valence-electron chi connectivity index (χ3n) is 4.37. The van der Waals surface area contributed by atoms with E-state index in [1.807, 2.05) is 11.8 Å². The van der Waals surface area contributed by atoms with E-state index < -0.39 is 0 Å². The summed E-state index contributed by atoms with van der Waals surface area (Å²) in [5, 5.41) is 2.91. The molecule has 1 saturated heterocycles. The van der Waals surface area contributed by atoms with Gasteiger partial charge in [0.1, 0.15) is 12.1 Å². The minimum atomic E-state index is -0.312. The molecular formula is C15H26N2O2. The van der Waals surface area contributed by atoms with Crippen LogP contribution in [0.15, 0.2) is 0 Å². The molecule has 1 aliphatic heterocycles. The van der Waals surface area contributed by atoms with Gasteiger partial charge in [0.2, 0.25) is 11.8 Å². The fourth-order valence-electron chi connectivity index (χ4n) is 3.21. The maximum atomic E-state index is 12.6. The minimum absolute atomic E-state index is 0.0366. The summed E-state index contributed by atoms with van der Waals surface area (Å²) in [6.45, 7) is 8.31. The number of piperazine rings is 1. The van der Waals surface area contributed by atoms with E-state index in [1.54, 1.807) is 0 Å². The predicted octanol–water partition coefficient (Wildman–Crippen LogP) is 1.94. The van der Waals surface area contributed by atoms with Crippen LogP contribution in [0, 0.1) is 11.8 Å². The second-order valence-corrected chi connectivity index (χ2v) is 6.33. The highest BCUT2D eigenvalue weighted by Crippen LogP contribution is 2.41. The normalized spacial score (nSPS) is 34.7. The lowest BCUT2D eigenvalue weighted by Crippen LogP contribution is -2.64. The number of amides is 2. The van der Waals surface area contributed by atoms with Crippen LogP contribution in [-0.4, -0.2) is 34.8 Å². The largest absolute Gasteiger partial charge is 0.342 e. The van der Waals surface area contributed by atoms with Crippen molar-refractivity contribution in [2.24, 2.45) is 11.8 Å². The predicted molar refractivity (Wildman–Crippen MR) is 74.5 cm³/mol. The number of rotatable bonds is 5. The van der Waals surface area contributed by atoms with Crippen molar-refractivity contribution in [2.75, 3.05) is 0 Å². The number of carbonyl (C=O) groups is 2. The molecule has 0 bridgehead atoms. The molecular weight excluding hydrogens is 240 g/mol. The monoisotopic (exact) mass is 266 g/mol. The van der Waals surface area contributed by atoms with Crippen LogP contribution in [0.1, 0.15) is 53.4 Å². The molecule has 1 saturated carbocycles. The van der Waals surface area contributed by atoms with E-state index in [9.17, 15) is 9.59 Å². The van der Waals surface area contributed by atoms with E-state index in [-0.39, 0.29) is 23.9 Å². The number of nitrogens with zero attached hydrogens (tertiary/aromatic N) is 1. The highest BCUT2D eigenvalue weighted by molar-refractivity contribution is 5.97. The summed E-state index contributed by atoms with van der Waals surface area (Å²) in [5.41, 5.74) is 0. The fraction of sp³-hybridized carbons (Fsp3) is 0.867. The Morgan fingerprint density at radius 1 is 1.26 bits per heavy atom. The first-order valence-electron chi connectivity index (χ1n) is 7.62. The topological polar surface area (TPSA) is 49.4 Å². The zero-order chi connectivity index (χ0) is 14.2. The summed E-state index contributed by atoms with van der Waals surface area (Å²) < 4.78 is 0. The van der Waals surface area contributed by atoms with Gasteiger partial charge in [0.25, 0.3) is 0 Å². The minimum Gasteiger partial charge on any atom is -0.342 e. The molecule has 1 N–H and O–H groups in total. The Kier molecular flexibility index (Phi) is 4.16. The van der Waals surface area contributed by atoms with Crippen molar-refractivity contribution in [3.8, 4) is 0 Å². The molecule has 2 fully saturated rings. The van der Waals surface area contributed by atoms with Crippen molar-refractivity contribution >= 4 is 11.8 Å². The summed E-state index contributed by atoms with van der Waals surface area (Å²) in [6.07, 6.45) is 3.61. The van der Waals surface area contributed by atoms with E-state index in [1.165, 1.54) is 0 Å². The van der Waals surface area contributed by atoms with Crippen LogP contribution in [0.4, 0.5) is 0 Å². The molecule has 0 radical (unpaired) electrons. The van der Waals surface area contributed by atoms with E-state index in [4.69, 9.17) is 0 Å². The standard InChI is InChI=1S/C15H26N2O2/c1-5-10-8-13(10)17-12(6-2)14(18)16-11(15(17)19)7-9(3)4/h9-13H,5-8H2,1-4H3,(H,16,18). The molecule has 0 aromatic heterocycles. The number of nitrogens with one attached hydrogen (secondary N) is 1. The molecule has 108 valence electrons. The van der Waals surface area contributed by atoms with Gasteiger partial charge in [-0.15, -0.1) is 0 Å². The van der Waals surface area contributed by atoms with Crippen LogP contribution in [0.3, 0.4) is 0 Å². The highest BCUT2D eigenvalue weighted by Gasteiger charge is 2.50. The lowest BCUT2D eigenvalue weighted by molar-refractivity contribution is -0.150. The number of hydrogen-bond donors (Lipinski definition) is 1. The fourth-order valence-corrected chi connectivity index (χ4v) is 3.21. The molecule has 1 heterocycles. The molecule has 4 heteroatoms. The number of carbonyl (C=O) groups excluding carboxylic acids is 2. The Labute approximate surface area is 115 Å². The first-order valence-corrected chi connectivity index (χ1v) is 7.62. The zero-order valence-corrected chi connectivity index (χ0v) is 12.5. The quantitative estimate of drug-likeness (QED) is 0.826. The Balaban J connectivity index is 2.15. The van der Waals surface area contributed by atoms with Crippen molar-refractivity contribution in [2.45, 2.75) is 71.5 Å². The third-order valence-corrected chi connectivity index (χ3v) is 4.37. The van der Waals surface area contributed by atoms with Crippen molar-refractivity contribution in [3.63, 3.8) is 0 Å². The van der Waals surface area contributed by atoms with Crippen LogP contribution in [-0.2, 0) is 9.59 Å². The SMILES string of the molecule is CCC1CC1N1C(=O)C(CC(C)C)NC(=O)C1CC. The van der Waals surface area contributed by atoms with Gasteiger partial charge < -0.3 is 10.2 Å². The molecule has 1 aliphatic carbocycles. The van der Waals surface area contributed by atoms with Gasteiger partial charge in [-0.05, 0) is 31.1 Å². The van der Waals surface area contributed by atoms with E-state index in [2.05, 4.69) is 26.1 Å². The Hall–Kier alpha value is -1.06. The van der Waals surface area contributed by atoms with Crippen LogP contribution >= 0.6 is 0 Å². The van der Waals surface area contributed by atoms with Gasteiger partial charge in [0, 0.05) is 6.04 Å². The maximum absolute atomic E-state index is 12.6. The van der Waals surface area contributed by atoms with E-state index in [0.29, 0.717) is 24.3 Å². The summed E-state index contributed by atoms with van der Waals surface area (Å²) in [7, 11) is 0. The average molecular weight is 266 g/mol. The van der Waals surface area contributed by atoms with Crippen LogP contribution in [0.5, 0.6) is 0 Å². The zero-order valence-electron chi connectivity index (χ0n) is 12.5. The summed E-state index contributed by atoms with van der Waals surface area (Å²) in [6, 6.07) is -0.256. The molecule has 0 aromatic carbocycles. The van der Waals surface area contributed by atoms with Gasteiger partial charge in [0.05, 0.1) is 0 Å². The van der Waals surface area contributed by atoms with Crippen molar-refractivity contribution < 1.29 is 9.59 Å². The average Bonchev–Trinajstić information content (AvgIpc) is 3.11. The maximum Gasteiger partial charge on any atom is 0.246 e. The lowest BCUT2D eigenvalue weighted by Gasteiger charge is -2.39. The smallest absolute Gasteiger partial charge is 0.246 e. The molecule has 4 unspecified atom stereocenters. The summed E-state index contributed by atoms with van der Waals surface area (Å²) in [5.74, 6) is 1.19. The van der Waals surface area contributed by atoms with Gasteiger partial charge in [-0.3, -0.25) is 9.59 Å². The van der Waals surface area contributed by atoms with Gasteiger partial charge in [-0.25, -0.2) is 0 Å². The van der Waals surface area contributed by atoms with Gasteiger partial charge in [0.15, 0.2) is 0 Å². The molecule has 2 amide bonds. The van der Waals surface area contributed by atoms with Gasteiger partial charge in [-0.1, -0.05) is 34.1 Å². The van der Waals surface area contributed by atoms with Crippen molar-refractivity contribution in [1.29, 1.82) is 0 Å². The van der Waals surface area contributed by atoms with Crippen LogP contribution < -0.4 is 5.32 Å². The second kappa shape index (κ2) is 5.51. The van der Waals surface area contributed by atoms with E-state index in [0.717, 1.165) is 19.3 Å². The molecule has 0 aromatic rings. The molecule has 4 nitrogen and oxygen atoms in total. The first kappa shape index (κ1) is 14.4. The van der Waals surface area contributed by atoms with Gasteiger partial charge in [-0.2, -0.15) is 0 Å². The molecule has 2 aliphatic rings. The molecule has 4 atom stereocenters.